The van der Waals surface area contributed by atoms with Crippen molar-refractivity contribution in [2.24, 2.45) is 11.3 Å². The summed E-state index contributed by atoms with van der Waals surface area (Å²) in [6.07, 6.45) is 3.95. The molecule has 1 aromatic heterocycles. The summed E-state index contributed by atoms with van der Waals surface area (Å²) in [6, 6.07) is 0. The van der Waals surface area contributed by atoms with Gasteiger partial charge in [-0.3, -0.25) is 0 Å². The van der Waals surface area contributed by atoms with Gasteiger partial charge >= 0.3 is 5.97 Å². The highest BCUT2D eigenvalue weighted by molar-refractivity contribution is 5.84. The molecule has 0 spiro atoms. The normalized spacial score (nSPS) is 21.5. The zero-order chi connectivity index (χ0) is 11.8. The Hall–Kier alpha value is -1.65. The second-order valence-corrected chi connectivity index (χ2v) is 4.86. The third-order valence-electron chi connectivity index (χ3n) is 3.12. The summed E-state index contributed by atoms with van der Waals surface area (Å²) in [5.74, 6) is 0.253. The van der Waals surface area contributed by atoms with Crippen LogP contribution in [0.4, 0.5) is 5.82 Å². The van der Waals surface area contributed by atoms with Gasteiger partial charge in [-0.05, 0) is 17.8 Å². The minimum absolute atomic E-state index is 0.0303. The molecule has 0 aromatic carbocycles. The minimum atomic E-state index is -1.05. The van der Waals surface area contributed by atoms with Crippen molar-refractivity contribution in [3.8, 4) is 0 Å². The molecule has 2 N–H and O–H groups in total. The van der Waals surface area contributed by atoms with Gasteiger partial charge in [0.1, 0.15) is 5.82 Å². The number of aromatic nitrogens is 2. The zero-order valence-corrected chi connectivity index (χ0v) is 9.40. The van der Waals surface area contributed by atoms with Crippen LogP contribution in [0.15, 0.2) is 12.4 Å². The summed E-state index contributed by atoms with van der Waals surface area (Å²) in [5, 5.41) is 11.8. The lowest BCUT2D eigenvalue weighted by Crippen LogP contribution is -2.09. The summed E-state index contributed by atoms with van der Waals surface area (Å²) in [7, 11) is 0. The Balaban J connectivity index is 1.88. The number of hydrogen-bond acceptors (Lipinski definition) is 4. The highest BCUT2D eigenvalue weighted by Gasteiger charge is 2.44. The molecule has 5 nitrogen and oxygen atoms in total. The first-order valence-electron chi connectivity index (χ1n) is 5.28. The van der Waals surface area contributed by atoms with E-state index in [4.69, 9.17) is 5.11 Å². The van der Waals surface area contributed by atoms with Crippen LogP contribution in [-0.2, 0) is 0 Å². The van der Waals surface area contributed by atoms with Crippen molar-refractivity contribution in [1.82, 2.24) is 9.97 Å². The Bertz CT molecular complexity index is 400. The van der Waals surface area contributed by atoms with E-state index in [1.54, 1.807) is 0 Å². The van der Waals surface area contributed by atoms with Gasteiger partial charge in [-0.1, -0.05) is 13.8 Å². The number of carbonyl (C=O) groups is 1. The SMILES string of the molecule is CC1(C)CC1CNc1cnc(C(=O)O)cn1. The Kier molecular flexibility index (Phi) is 2.53. The monoisotopic (exact) mass is 221 g/mol. The summed E-state index contributed by atoms with van der Waals surface area (Å²) in [6.45, 7) is 5.34. The molecule has 1 aliphatic rings. The standard InChI is InChI=1S/C11H15N3O2/c1-11(2)3-7(11)4-13-9-6-12-8(5-14-9)10(15)16/h5-7H,3-4H2,1-2H3,(H,13,14)(H,15,16). The molecule has 1 aromatic rings. The molecule has 2 rings (SSSR count). The van der Waals surface area contributed by atoms with Gasteiger partial charge in [0.2, 0.25) is 0 Å². The lowest BCUT2D eigenvalue weighted by atomic mass is 10.1. The highest BCUT2D eigenvalue weighted by Crippen LogP contribution is 2.51. The highest BCUT2D eigenvalue weighted by atomic mass is 16.4. The van der Waals surface area contributed by atoms with Crippen molar-refractivity contribution >= 4 is 11.8 Å². The van der Waals surface area contributed by atoms with Crippen molar-refractivity contribution in [2.75, 3.05) is 11.9 Å². The Morgan fingerprint density at radius 3 is 2.69 bits per heavy atom. The minimum Gasteiger partial charge on any atom is -0.476 e. The van der Waals surface area contributed by atoms with Crippen LogP contribution in [0, 0.1) is 11.3 Å². The Morgan fingerprint density at radius 2 is 2.25 bits per heavy atom. The summed E-state index contributed by atoms with van der Waals surface area (Å²) < 4.78 is 0. The number of nitrogens with zero attached hydrogens (tertiary/aromatic N) is 2. The van der Waals surface area contributed by atoms with E-state index >= 15 is 0 Å². The molecule has 1 fully saturated rings. The summed E-state index contributed by atoms with van der Waals surface area (Å²) in [5.41, 5.74) is 0.402. The summed E-state index contributed by atoms with van der Waals surface area (Å²) >= 11 is 0. The van der Waals surface area contributed by atoms with E-state index in [1.807, 2.05) is 0 Å². The third kappa shape index (κ3) is 2.29. The smallest absolute Gasteiger partial charge is 0.356 e. The molecule has 16 heavy (non-hydrogen) atoms. The second-order valence-electron chi connectivity index (χ2n) is 4.86. The molecular formula is C11H15N3O2. The van der Waals surface area contributed by atoms with Gasteiger partial charge in [-0.2, -0.15) is 0 Å². The maximum absolute atomic E-state index is 10.6. The molecule has 1 atom stereocenters. The largest absolute Gasteiger partial charge is 0.476 e. The average molecular weight is 221 g/mol. The van der Waals surface area contributed by atoms with Crippen LogP contribution in [0.1, 0.15) is 30.8 Å². The van der Waals surface area contributed by atoms with Crippen LogP contribution < -0.4 is 5.32 Å². The van der Waals surface area contributed by atoms with Crippen LogP contribution in [0.2, 0.25) is 0 Å². The predicted molar refractivity (Wildman–Crippen MR) is 59.4 cm³/mol. The molecule has 0 amide bonds. The number of anilines is 1. The van der Waals surface area contributed by atoms with Gasteiger partial charge in [0.15, 0.2) is 5.69 Å². The number of aromatic carboxylic acids is 1. The van der Waals surface area contributed by atoms with Gasteiger partial charge in [0.05, 0.1) is 12.4 Å². The first kappa shape index (κ1) is 10.9. The third-order valence-corrected chi connectivity index (χ3v) is 3.12. The van der Waals surface area contributed by atoms with Crippen molar-refractivity contribution in [3.63, 3.8) is 0 Å². The fraction of sp³-hybridized carbons (Fsp3) is 0.545. The van der Waals surface area contributed by atoms with E-state index in [-0.39, 0.29) is 5.69 Å². The van der Waals surface area contributed by atoms with E-state index in [0.29, 0.717) is 17.2 Å². The lowest BCUT2D eigenvalue weighted by Gasteiger charge is -2.06. The second kappa shape index (κ2) is 3.73. The van der Waals surface area contributed by atoms with Gasteiger partial charge in [-0.15, -0.1) is 0 Å². The predicted octanol–water partition coefficient (Wildman–Crippen LogP) is 1.63. The van der Waals surface area contributed by atoms with E-state index in [2.05, 4.69) is 29.1 Å². The zero-order valence-electron chi connectivity index (χ0n) is 9.40. The van der Waals surface area contributed by atoms with Crippen LogP contribution in [0.5, 0.6) is 0 Å². The molecule has 1 saturated carbocycles. The fourth-order valence-corrected chi connectivity index (χ4v) is 1.68. The topological polar surface area (TPSA) is 75.1 Å². The Labute approximate surface area is 93.9 Å². The van der Waals surface area contributed by atoms with Crippen LogP contribution in [0.3, 0.4) is 0 Å². The van der Waals surface area contributed by atoms with Gasteiger partial charge in [0, 0.05) is 6.54 Å². The number of hydrogen-bond donors (Lipinski definition) is 2. The van der Waals surface area contributed by atoms with Crippen molar-refractivity contribution in [1.29, 1.82) is 0 Å². The molecule has 0 radical (unpaired) electrons. The first-order valence-corrected chi connectivity index (χ1v) is 5.28. The molecule has 0 bridgehead atoms. The van der Waals surface area contributed by atoms with Gasteiger partial charge < -0.3 is 10.4 Å². The molecule has 0 aliphatic heterocycles. The average Bonchev–Trinajstić information content (AvgIpc) is 2.84. The number of carboxylic acid groups (broad SMARTS) is 1. The van der Waals surface area contributed by atoms with E-state index in [0.717, 1.165) is 6.54 Å². The summed E-state index contributed by atoms with van der Waals surface area (Å²) in [4.78, 5) is 18.3. The van der Waals surface area contributed by atoms with Crippen molar-refractivity contribution < 1.29 is 9.90 Å². The quantitative estimate of drug-likeness (QED) is 0.808. The van der Waals surface area contributed by atoms with Crippen LogP contribution >= 0.6 is 0 Å². The van der Waals surface area contributed by atoms with Gasteiger partial charge in [0.25, 0.3) is 0 Å². The van der Waals surface area contributed by atoms with Gasteiger partial charge in [-0.25, -0.2) is 14.8 Å². The molecule has 0 saturated heterocycles. The molecule has 1 heterocycles. The molecule has 5 heteroatoms. The molecule has 1 unspecified atom stereocenters. The maximum Gasteiger partial charge on any atom is 0.356 e. The van der Waals surface area contributed by atoms with E-state index in [9.17, 15) is 4.79 Å². The maximum atomic E-state index is 10.6. The number of carboxylic acids is 1. The molecule has 1 aliphatic carbocycles. The first-order chi connectivity index (χ1) is 7.49. The van der Waals surface area contributed by atoms with Crippen molar-refractivity contribution in [3.05, 3.63) is 18.1 Å². The Morgan fingerprint density at radius 1 is 1.56 bits per heavy atom. The molecule has 86 valence electrons. The lowest BCUT2D eigenvalue weighted by molar-refractivity contribution is 0.0690. The van der Waals surface area contributed by atoms with Crippen molar-refractivity contribution in [2.45, 2.75) is 20.3 Å². The van der Waals surface area contributed by atoms with Crippen LogP contribution in [0.25, 0.3) is 0 Å². The fourth-order valence-electron chi connectivity index (χ4n) is 1.68. The number of nitrogens with one attached hydrogen (secondary N) is 1. The van der Waals surface area contributed by atoms with E-state index in [1.165, 1.54) is 18.8 Å². The van der Waals surface area contributed by atoms with E-state index < -0.39 is 5.97 Å². The molecular weight excluding hydrogens is 206 g/mol. The number of rotatable bonds is 4. The van der Waals surface area contributed by atoms with Crippen LogP contribution in [-0.4, -0.2) is 27.6 Å².